The molecule has 8 heteroatoms. The van der Waals surface area contributed by atoms with E-state index >= 15 is 0 Å². The molecular formula is C29H35FN2O4S. The Morgan fingerprint density at radius 1 is 1.24 bits per heavy atom. The van der Waals surface area contributed by atoms with Crippen LogP contribution in [0.1, 0.15) is 43.8 Å². The lowest BCUT2D eigenvalue weighted by Crippen LogP contribution is -2.42. The highest BCUT2D eigenvalue weighted by atomic mass is 32.2. The van der Waals surface area contributed by atoms with Crippen LogP contribution in [0.4, 0.5) is 4.39 Å². The number of carbonyl (C=O) groups is 1. The lowest BCUT2D eigenvalue weighted by atomic mass is 9.79. The maximum Gasteiger partial charge on any atom is 0.303 e. The first-order valence-corrected chi connectivity index (χ1v) is 13.9. The molecule has 0 bridgehead atoms. The largest absolute Gasteiger partial charge is 0.497 e. The molecule has 0 amide bonds. The van der Waals surface area contributed by atoms with Crippen molar-refractivity contribution in [1.82, 2.24) is 9.88 Å². The predicted octanol–water partition coefficient (Wildman–Crippen LogP) is 5.79. The maximum atomic E-state index is 13.8. The van der Waals surface area contributed by atoms with Crippen LogP contribution < -0.4 is 4.74 Å². The first-order valence-electron chi connectivity index (χ1n) is 12.9. The van der Waals surface area contributed by atoms with E-state index in [0.717, 1.165) is 66.9 Å². The number of hydrogen-bond donors (Lipinski definition) is 2. The van der Waals surface area contributed by atoms with Crippen molar-refractivity contribution >= 4 is 28.6 Å². The number of nitrogens with zero attached hydrogens (tertiary/aromatic N) is 2. The minimum absolute atomic E-state index is 0.0481. The van der Waals surface area contributed by atoms with Crippen LogP contribution in [0.3, 0.4) is 0 Å². The number of thioether (sulfide) groups is 1. The summed E-state index contributed by atoms with van der Waals surface area (Å²) in [4.78, 5) is 19.0. The van der Waals surface area contributed by atoms with Crippen LogP contribution >= 0.6 is 11.8 Å². The van der Waals surface area contributed by atoms with Gasteiger partial charge in [-0.1, -0.05) is 12.1 Å². The van der Waals surface area contributed by atoms with Crippen LogP contribution in [0.5, 0.6) is 5.75 Å². The Bertz CT molecular complexity index is 1190. The molecule has 0 aliphatic carbocycles. The van der Waals surface area contributed by atoms with Gasteiger partial charge in [-0.25, -0.2) is 4.39 Å². The van der Waals surface area contributed by atoms with Gasteiger partial charge in [0.1, 0.15) is 11.6 Å². The lowest BCUT2D eigenvalue weighted by Gasteiger charge is -2.38. The van der Waals surface area contributed by atoms with Gasteiger partial charge in [0.25, 0.3) is 0 Å². The fourth-order valence-electron chi connectivity index (χ4n) is 5.32. The molecule has 1 aliphatic heterocycles. The van der Waals surface area contributed by atoms with Gasteiger partial charge in [0.2, 0.25) is 0 Å². The summed E-state index contributed by atoms with van der Waals surface area (Å²) in [7, 11) is 1.62. The summed E-state index contributed by atoms with van der Waals surface area (Å²) in [6, 6.07) is 14.3. The van der Waals surface area contributed by atoms with Gasteiger partial charge in [-0.15, -0.1) is 11.8 Å². The third kappa shape index (κ3) is 7.43. The number of fused-ring (bicyclic) bond motifs is 1. The lowest BCUT2D eigenvalue weighted by molar-refractivity contribution is -0.139. The zero-order valence-electron chi connectivity index (χ0n) is 21.2. The number of ether oxygens (including phenoxy) is 1. The second-order valence-corrected chi connectivity index (χ2v) is 10.9. The van der Waals surface area contributed by atoms with E-state index in [9.17, 15) is 19.4 Å². The van der Waals surface area contributed by atoms with Gasteiger partial charge in [0, 0.05) is 29.4 Å². The molecule has 0 spiro atoms. The number of rotatable bonds is 12. The molecule has 1 aliphatic rings. The highest BCUT2D eigenvalue weighted by molar-refractivity contribution is 7.99. The van der Waals surface area contributed by atoms with Crippen molar-refractivity contribution in [3.8, 4) is 5.75 Å². The number of benzene rings is 2. The Morgan fingerprint density at radius 3 is 2.86 bits per heavy atom. The van der Waals surface area contributed by atoms with Gasteiger partial charge in [-0.2, -0.15) is 0 Å². The molecule has 0 unspecified atom stereocenters. The molecule has 1 saturated heterocycles. The van der Waals surface area contributed by atoms with Crippen molar-refractivity contribution in [3.63, 3.8) is 0 Å². The number of piperidine rings is 1. The number of aliphatic hydroxyl groups excluding tert-OH is 1. The monoisotopic (exact) mass is 526 g/mol. The van der Waals surface area contributed by atoms with E-state index in [2.05, 4.69) is 9.88 Å². The third-order valence-electron chi connectivity index (χ3n) is 7.28. The standard InChI is InChI=1S/C29H35FN2O4S/c1-36-22-8-9-26-24(18-22)23(11-13-31-26)27(33)10-7-20-12-15-32(19-21(20)17-29(34)35)14-4-16-37-28-6-3-2-5-25(28)30/h2-3,5-6,8-9,11,13,18,20-21,27,33H,4,7,10,12,14-17,19H2,1H3,(H,34,35)/t20-,21+,27-/m1/s1. The second kappa shape index (κ2) is 13.2. The molecule has 3 aromatic rings. The Hall–Kier alpha value is -2.68. The van der Waals surface area contributed by atoms with Crippen molar-refractivity contribution in [1.29, 1.82) is 0 Å². The van der Waals surface area contributed by atoms with Gasteiger partial charge in [-0.3, -0.25) is 9.78 Å². The predicted molar refractivity (Wildman–Crippen MR) is 145 cm³/mol. The van der Waals surface area contributed by atoms with Crippen LogP contribution in [-0.2, 0) is 4.79 Å². The van der Waals surface area contributed by atoms with E-state index < -0.39 is 12.1 Å². The SMILES string of the molecule is COc1ccc2nccc([C@H](O)CC[C@@H]3CCN(CCCSc4ccccc4F)C[C@@H]3CC(=O)O)c2c1. The summed E-state index contributed by atoms with van der Waals surface area (Å²) >= 11 is 1.52. The zero-order chi connectivity index (χ0) is 26.2. The normalized spacial score (nSPS) is 19.1. The molecule has 1 fully saturated rings. The van der Waals surface area contributed by atoms with Crippen molar-refractivity contribution < 1.29 is 24.1 Å². The van der Waals surface area contributed by atoms with E-state index in [0.29, 0.717) is 11.3 Å². The van der Waals surface area contributed by atoms with Gasteiger partial charge >= 0.3 is 5.97 Å². The Balaban J connectivity index is 1.31. The highest BCUT2D eigenvalue weighted by Crippen LogP contribution is 2.35. The van der Waals surface area contributed by atoms with Crippen LogP contribution in [0, 0.1) is 17.7 Å². The number of carboxylic acids is 1. The molecule has 0 saturated carbocycles. The van der Waals surface area contributed by atoms with Gasteiger partial charge < -0.3 is 19.8 Å². The van der Waals surface area contributed by atoms with Crippen LogP contribution in [-0.4, -0.2) is 58.6 Å². The minimum Gasteiger partial charge on any atom is -0.497 e. The summed E-state index contributed by atoms with van der Waals surface area (Å²) in [5.41, 5.74) is 1.63. The van der Waals surface area contributed by atoms with E-state index in [1.807, 2.05) is 30.3 Å². The molecular weight excluding hydrogens is 491 g/mol. The van der Waals surface area contributed by atoms with E-state index in [1.165, 1.54) is 17.8 Å². The fourth-order valence-corrected chi connectivity index (χ4v) is 6.19. The van der Waals surface area contributed by atoms with Crippen LogP contribution in [0.25, 0.3) is 10.9 Å². The fraction of sp³-hybridized carbons (Fsp3) is 0.448. The Labute approximate surface area is 221 Å². The third-order valence-corrected chi connectivity index (χ3v) is 8.41. The number of hydrogen-bond acceptors (Lipinski definition) is 6. The Kier molecular flexibility index (Phi) is 9.77. The zero-order valence-corrected chi connectivity index (χ0v) is 22.0. The molecule has 4 rings (SSSR count). The van der Waals surface area contributed by atoms with E-state index in [1.54, 1.807) is 25.4 Å². The molecule has 198 valence electrons. The average Bonchev–Trinajstić information content (AvgIpc) is 2.90. The topological polar surface area (TPSA) is 82.9 Å². The van der Waals surface area contributed by atoms with Gasteiger partial charge in [-0.05, 0) is 98.3 Å². The summed E-state index contributed by atoms with van der Waals surface area (Å²) in [5, 5.41) is 21.5. The number of methoxy groups -OCH3 is 1. The number of halogens is 1. The van der Waals surface area contributed by atoms with Crippen molar-refractivity contribution in [3.05, 3.63) is 66.1 Å². The molecule has 2 heterocycles. The number of aliphatic hydroxyl groups is 1. The minimum atomic E-state index is -0.778. The molecule has 2 aromatic carbocycles. The molecule has 1 aromatic heterocycles. The smallest absolute Gasteiger partial charge is 0.303 e. The second-order valence-electron chi connectivity index (χ2n) is 9.72. The number of aliphatic carboxylic acids is 1. The summed E-state index contributed by atoms with van der Waals surface area (Å²) in [5.74, 6) is 0.872. The number of likely N-dealkylation sites (tertiary alicyclic amines) is 1. The van der Waals surface area contributed by atoms with Crippen molar-refractivity contribution in [2.24, 2.45) is 11.8 Å². The van der Waals surface area contributed by atoms with Crippen molar-refractivity contribution in [2.75, 3.05) is 32.5 Å². The average molecular weight is 527 g/mol. The van der Waals surface area contributed by atoms with E-state index in [4.69, 9.17) is 4.74 Å². The summed E-state index contributed by atoms with van der Waals surface area (Å²) in [6.45, 7) is 2.53. The van der Waals surface area contributed by atoms with Crippen LogP contribution in [0.2, 0.25) is 0 Å². The van der Waals surface area contributed by atoms with Crippen molar-refractivity contribution in [2.45, 2.75) is 43.1 Å². The molecule has 37 heavy (non-hydrogen) atoms. The quantitative estimate of drug-likeness (QED) is 0.228. The molecule has 6 nitrogen and oxygen atoms in total. The maximum absolute atomic E-state index is 13.8. The van der Waals surface area contributed by atoms with E-state index in [-0.39, 0.29) is 24.1 Å². The first kappa shape index (κ1) is 27.4. The van der Waals surface area contributed by atoms with Gasteiger partial charge in [0.15, 0.2) is 0 Å². The van der Waals surface area contributed by atoms with Gasteiger partial charge in [0.05, 0.1) is 18.7 Å². The first-order chi connectivity index (χ1) is 17.9. The Morgan fingerprint density at radius 2 is 2.08 bits per heavy atom. The van der Waals surface area contributed by atoms with Crippen LogP contribution in [0.15, 0.2) is 59.6 Å². The summed E-state index contributed by atoms with van der Waals surface area (Å²) < 4.78 is 19.2. The number of carboxylic acid groups (broad SMARTS) is 1. The number of pyridine rings is 1. The molecule has 2 N–H and O–H groups in total. The molecule has 3 atom stereocenters. The summed E-state index contributed by atoms with van der Waals surface area (Å²) in [6.07, 6.45) is 4.36. The number of aromatic nitrogens is 1. The molecule has 0 radical (unpaired) electrons. The highest BCUT2D eigenvalue weighted by Gasteiger charge is 2.31.